The first-order valence-electron chi connectivity index (χ1n) is 3.11. The van der Waals surface area contributed by atoms with Gasteiger partial charge in [-0.1, -0.05) is 0 Å². The van der Waals surface area contributed by atoms with Gasteiger partial charge in [-0.15, -0.1) is 0 Å². The molecule has 0 amide bonds. The molecule has 0 aromatic rings. The van der Waals surface area contributed by atoms with Gasteiger partial charge in [0.1, 0.15) is 0 Å². The number of aliphatic hydroxyl groups is 1. The number of rotatable bonds is 0. The van der Waals surface area contributed by atoms with Crippen LogP contribution in [0.25, 0.3) is 0 Å². The van der Waals surface area contributed by atoms with Crippen LogP contribution in [0, 0.1) is 0 Å². The van der Waals surface area contributed by atoms with Crippen molar-refractivity contribution in [3.8, 4) is 0 Å². The van der Waals surface area contributed by atoms with E-state index in [1.807, 2.05) is 6.92 Å². The normalized spacial score (nSPS) is 47.6. The minimum atomic E-state index is -0.569. The summed E-state index contributed by atoms with van der Waals surface area (Å²) in [4.78, 5) is 0. The highest BCUT2D eigenvalue weighted by atomic mass is 16.3. The summed E-state index contributed by atoms with van der Waals surface area (Å²) in [5.74, 6) is 0. The van der Waals surface area contributed by atoms with Gasteiger partial charge in [-0.25, -0.2) is 0 Å². The lowest BCUT2D eigenvalue weighted by molar-refractivity contribution is 0.0518. The molecule has 1 aliphatic rings. The Kier molecular flexibility index (Phi) is 1.29. The summed E-state index contributed by atoms with van der Waals surface area (Å²) in [6.07, 6.45) is 2.93. The molecule has 1 aliphatic carbocycles. The van der Waals surface area contributed by atoms with Crippen LogP contribution in [0.3, 0.4) is 0 Å². The summed E-state index contributed by atoms with van der Waals surface area (Å²) in [5.41, 5.74) is 4.99. The molecule has 2 nitrogen and oxygen atoms in total. The molecule has 2 unspecified atom stereocenters. The van der Waals surface area contributed by atoms with Gasteiger partial charge in [-0.05, 0) is 26.2 Å². The van der Waals surface area contributed by atoms with Gasteiger partial charge in [0.15, 0.2) is 0 Å². The molecule has 0 aromatic carbocycles. The lowest BCUT2D eigenvalue weighted by Gasteiger charge is -2.20. The fourth-order valence-electron chi connectivity index (χ4n) is 1.18. The van der Waals surface area contributed by atoms with Gasteiger partial charge < -0.3 is 10.8 Å². The second-order valence-corrected chi connectivity index (χ2v) is 2.86. The standard InChI is InChI=1S/C6H13NO/c1-6(8)4-2-3-5(6)7/h5,8H,2-4,7H2,1H3. The Labute approximate surface area is 49.7 Å². The van der Waals surface area contributed by atoms with Crippen molar-refractivity contribution in [3.05, 3.63) is 0 Å². The molecular weight excluding hydrogens is 102 g/mol. The first-order chi connectivity index (χ1) is 3.63. The Balaban J connectivity index is 2.54. The fraction of sp³-hybridized carbons (Fsp3) is 1.00. The van der Waals surface area contributed by atoms with Crippen molar-refractivity contribution >= 4 is 0 Å². The van der Waals surface area contributed by atoms with E-state index in [0.717, 1.165) is 19.3 Å². The Hall–Kier alpha value is -0.0800. The van der Waals surface area contributed by atoms with Crippen molar-refractivity contribution in [3.63, 3.8) is 0 Å². The highest BCUT2D eigenvalue weighted by Gasteiger charge is 2.33. The molecule has 0 saturated heterocycles. The van der Waals surface area contributed by atoms with Gasteiger partial charge in [-0.2, -0.15) is 0 Å². The number of hydrogen-bond donors (Lipinski definition) is 2. The maximum absolute atomic E-state index is 9.34. The monoisotopic (exact) mass is 115 g/mol. The molecule has 1 fully saturated rings. The van der Waals surface area contributed by atoms with E-state index < -0.39 is 5.60 Å². The van der Waals surface area contributed by atoms with Crippen molar-refractivity contribution in [2.45, 2.75) is 37.8 Å². The largest absolute Gasteiger partial charge is 0.389 e. The van der Waals surface area contributed by atoms with Crippen LogP contribution < -0.4 is 5.73 Å². The van der Waals surface area contributed by atoms with Gasteiger partial charge in [0.25, 0.3) is 0 Å². The average molecular weight is 115 g/mol. The molecule has 0 aliphatic heterocycles. The minimum Gasteiger partial charge on any atom is -0.389 e. The Morgan fingerprint density at radius 2 is 2.38 bits per heavy atom. The summed E-state index contributed by atoms with van der Waals surface area (Å²) in [7, 11) is 0. The van der Waals surface area contributed by atoms with E-state index in [1.54, 1.807) is 0 Å². The van der Waals surface area contributed by atoms with Crippen molar-refractivity contribution in [2.24, 2.45) is 5.73 Å². The Morgan fingerprint density at radius 3 is 2.50 bits per heavy atom. The van der Waals surface area contributed by atoms with E-state index in [0.29, 0.717) is 0 Å². The van der Waals surface area contributed by atoms with Crippen LogP contribution in [0.2, 0.25) is 0 Å². The molecule has 48 valence electrons. The zero-order valence-corrected chi connectivity index (χ0v) is 5.22. The van der Waals surface area contributed by atoms with E-state index in [2.05, 4.69) is 0 Å². The molecule has 0 bridgehead atoms. The van der Waals surface area contributed by atoms with Gasteiger partial charge in [-0.3, -0.25) is 0 Å². The zero-order valence-electron chi connectivity index (χ0n) is 5.22. The summed E-state index contributed by atoms with van der Waals surface area (Å²) >= 11 is 0. The number of nitrogens with two attached hydrogens (primary N) is 1. The third-order valence-electron chi connectivity index (χ3n) is 2.00. The van der Waals surface area contributed by atoms with Gasteiger partial charge in [0, 0.05) is 6.04 Å². The lowest BCUT2D eigenvalue weighted by atomic mass is 10.0. The molecule has 2 heteroatoms. The summed E-state index contributed by atoms with van der Waals surface area (Å²) in [6.45, 7) is 1.81. The second-order valence-electron chi connectivity index (χ2n) is 2.86. The predicted molar refractivity (Wildman–Crippen MR) is 32.5 cm³/mol. The van der Waals surface area contributed by atoms with Crippen molar-refractivity contribution in [2.75, 3.05) is 0 Å². The second kappa shape index (κ2) is 1.71. The number of hydrogen-bond acceptors (Lipinski definition) is 2. The van der Waals surface area contributed by atoms with Crippen LogP contribution in [0.5, 0.6) is 0 Å². The van der Waals surface area contributed by atoms with Gasteiger partial charge in [0.05, 0.1) is 5.60 Å². The molecule has 8 heavy (non-hydrogen) atoms. The van der Waals surface area contributed by atoms with Crippen LogP contribution >= 0.6 is 0 Å². The van der Waals surface area contributed by atoms with E-state index in [9.17, 15) is 5.11 Å². The van der Waals surface area contributed by atoms with E-state index in [-0.39, 0.29) is 6.04 Å². The zero-order chi connectivity index (χ0) is 6.20. The highest BCUT2D eigenvalue weighted by Crippen LogP contribution is 2.27. The maximum Gasteiger partial charge on any atom is 0.0769 e. The molecule has 0 radical (unpaired) electrons. The van der Waals surface area contributed by atoms with Crippen LogP contribution in [-0.2, 0) is 0 Å². The molecule has 0 spiro atoms. The third-order valence-corrected chi connectivity index (χ3v) is 2.00. The Bertz CT molecular complexity index is 90.5. The molecular formula is C6H13NO. The first kappa shape index (κ1) is 6.05. The van der Waals surface area contributed by atoms with Crippen LogP contribution in [-0.4, -0.2) is 16.7 Å². The molecule has 0 heterocycles. The van der Waals surface area contributed by atoms with Gasteiger partial charge in [0.2, 0.25) is 0 Å². The van der Waals surface area contributed by atoms with Crippen molar-refractivity contribution in [1.29, 1.82) is 0 Å². The smallest absolute Gasteiger partial charge is 0.0769 e. The predicted octanol–water partition coefficient (Wildman–Crippen LogP) is 0.249. The maximum atomic E-state index is 9.34. The molecule has 0 aromatic heterocycles. The van der Waals surface area contributed by atoms with Crippen molar-refractivity contribution < 1.29 is 5.11 Å². The Morgan fingerprint density at radius 1 is 1.75 bits per heavy atom. The SMILES string of the molecule is CC1(O)CCCC1N. The molecule has 1 saturated carbocycles. The first-order valence-corrected chi connectivity index (χ1v) is 3.11. The molecule has 1 rings (SSSR count). The lowest BCUT2D eigenvalue weighted by Crippen LogP contribution is -2.40. The fourth-order valence-corrected chi connectivity index (χ4v) is 1.18. The topological polar surface area (TPSA) is 46.2 Å². The van der Waals surface area contributed by atoms with E-state index in [1.165, 1.54) is 0 Å². The van der Waals surface area contributed by atoms with Crippen LogP contribution in [0.1, 0.15) is 26.2 Å². The molecule has 3 N–H and O–H groups in total. The summed E-state index contributed by atoms with van der Waals surface area (Å²) in [6, 6.07) is 0.0162. The van der Waals surface area contributed by atoms with E-state index in [4.69, 9.17) is 5.73 Å². The van der Waals surface area contributed by atoms with Crippen LogP contribution in [0.15, 0.2) is 0 Å². The average Bonchev–Trinajstić information content (AvgIpc) is 1.86. The highest BCUT2D eigenvalue weighted by molar-refractivity contribution is 4.90. The quantitative estimate of drug-likeness (QED) is 0.475. The summed E-state index contributed by atoms with van der Waals surface area (Å²) in [5, 5.41) is 9.34. The van der Waals surface area contributed by atoms with Crippen molar-refractivity contribution in [1.82, 2.24) is 0 Å². The minimum absolute atomic E-state index is 0.0162. The molecule has 2 atom stereocenters. The summed E-state index contributed by atoms with van der Waals surface area (Å²) < 4.78 is 0. The third kappa shape index (κ3) is 0.858. The van der Waals surface area contributed by atoms with Crippen LogP contribution in [0.4, 0.5) is 0 Å². The van der Waals surface area contributed by atoms with Gasteiger partial charge >= 0.3 is 0 Å². The van der Waals surface area contributed by atoms with E-state index >= 15 is 0 Å².